The van der Waals surface area contributed by atoms with Gasteiger partial charge in [-0.25, -0.2) is 0 Å². The molecule has 136 valence electrons. The minimum Gasteiger partial charge on any atom is -0.390 e. The molecule has 0 bridgehead atoms. The zero-order valence-electron chi connectivity index (χ0n) is 16.2. The van der Waals surface area contributed by atoms with E-state index in [2.05, 4.69) is 18.9 Å². The highest BCUT2D eigenvalue weighted by Gasteiger charge is 2.43. The molecule has 3 heteroatoms. The number of aliphatic hydroxyl groups is 1. The van der Waals surface area contributed by atoms with Crippen LogP contribution in [-0.4, -0.2) is 34.5 Å². The molecule has 0 aromatic carbocycles. The second-order valence-corrected chi connectivity index (χ2v) is 9.17. The Kier molecular flexibility index (Phi) is 5.11. The normalized spacial score (nSPS) is 34.3. The lowest BCUT2D eigenvalue weighted by Crippen LogP contribution is -2.40. The first kappa shape index (κ1) is 18.0. The van der Waals surface area contributed by atoms with Crippen LogP contribution in [0.5, 0.6) is 0 Å². The maximum atomic E-state index is 10.5. The van der Waals surface area contributed by atoms with E-state index >= 15 is 0 Å². The number of allylic oxidation sites excluding steroid dienone is 2. The highest BCUT2D eigenvalue weighted by atomic mass is 16.3. The van der Waals surface area contributed by atoms with E-state index in [0.717, 1.165) is 32.4 Å². The lowest BCUT2D eigenvalue weighted by Gasteiger charge is -2.47. The summed E-state index contributed by atoms with van der Waals surface area (Å²) in [6, 6.07) is 0. The molecular weight excluding hydrogens is 296 g/mol. The summed E-state index contributed by atoms with van der Waals surface area (Å²) in [4.78, 5) is 0. The second kappa shape index (κ2) is 6.82. The molecule has 1 heterocycles. The first-order chi connectivity index (χ1) is 11.3. The molecular formula is C21H36N2O. The molecule has 0 aromatic heterocycles. The van der Waals surface area contributed by atoms with Gasteiger partial charge in [0, 0.05) is 13.1 Å². The molecule has 0 amide bonds. The van der Waals surface area contributed by atoms with Crippen LogP contribution in [0.4, 0.5) is 0 Å². The van der Waals surface area contributed by atoms with Gasteiger partial charge in [-0.3, -0.25) is 5.01 Å². The van der Waals surface area contributed by atoms with Gasteiger partial charge in [-0.05, 0) is 82.6 Å². The van der Waals surface area contributed by atoms with E-state index in [4.69, 9.17) is 5.10 Å². The minimum atomic E-state index is -0.575. The SMILES string of the molecule is CC1=C2CC(C(C)(C)O)CCC2(C)CCC1=NN1CCCCCC1. The Labute approximate surface area is 148 Å². The zero-order valence-corrected chi connectivity index (χ0v) is 16.2. The van der Waals surface area contributed by atoms with E-state index in [1.54, 1.807) is 5.57 Å². The lowest BCUT2D eigenvalue weighted by molar-refractivity contribution is -0.00353. The maximum Gasteiger partial charge on any atom is 0.0634 e. The Morgan fingerprint density at radius 2 is 1.79 bits per heavy atom. The van der Waals surface area contributed by atoms with E-state index in [0.29, 0.717) is 11.3 Å². The Bertz CT molecular complexity index is 520. The van der Waals surface area contributed by atoms with E-state index < -0.39 is 5.60 Å². The van der Waals surface area contributed by atoms with Gasteiger partial charge in [0.25, 0.3) is 0 Å². The van der Waals surface area contributed by atoms with Crippen molar-refractivity contribution in [3.63, 3.8) is 0 Å². The highest BCUT2D eigenvalue weighted by molar-refractivity contribution is 6.01. The largest absolute Gasteiger partial charge is 0.390 e. The molecule has 1 saturated carbocycles. The summed E-state index contributed by atoms with van der Waals surface area (Å²) in [5.74, 6) is 0.382. The van der Waals surface area contributed by atoms with Crippen molar-refractivity contribution in [2.45, 2.75) is 91.1 Å². The topological polar surface area (TPSA) is 35.8 Å². The van der Waals surface area contributed by atoms with Gasteiger partial charge in [0.1, 0.15) is 0 Å². The number of nitrogens with zero attached hydrogens (tertiary/aromatic N) is 2. The molecule has 3 aliphatic rings. The maximum absolute atomic E-state index is 10.5. The molecule has 2 unspecified atom stereocenters. The number of hydrogen-bond acceptors (Lipinski definition) is 3. The molecule has 0 radical (unpaired) electrons. The Morgan fingerprint density at radius 1 is 1.12 bits per heavy atom. The Balaban J connectivity index is 1.85. The fourth-order valence-corrected chi connectivity index (χ4v) is 4.93. The van der Waals surface area contributed by atoms with Crippen LogP contribution in [0.15, 0.2) is 16.2 Å². The van der Waals surface area contributed by atoms with Gasteiger partial charge >= 0.3 is 0 Å². The molecule has 3 rings (SSSR count). The monoisotopic (exact) mass is 332 g/mol. The van der Waals surface area contributed by atoms with Crippen LogP contribution in [-0.2, 0) is 0 Å². The molecule has 2 fully saturated rings. The van der Waals surface area contributed by atoms with Crippen molar-refractivity contribution >= 4 is 5.71 Å². The summed E-state index contributed by atoms with van der Waals surface area (Å²) in [5.41, 5.74) is 4.10. The molecule has 2 atom stereocenters. The van der Waals surface area contributed by atoms with Crippen molar-refractivity contribution in [3.8, 4) is 0 Å². The minimum absolute atomic E-state index is 0.337. The lowest BCUT2D eigenvalue weighted by atomic mass is 9.59. The molecule has 0 spiro atoms. The summed E-state index contributed by atoms with van der Waals surface area (Å²) < 4.78 is 0. The van der Waals surface area contributed by atoms with Crippen molar-refractivity contribution in [1.82, 2.24) is 5.01 Å². The summed E-state index contributed by atoms with van der Waals surface area (Å²) in [5, 5.41) is 17.9. The quantitative estimate of drug-likeness (QED) is 0.780. The molecule has 3 nitrogen and oxygen atoms in total. The van der Waals surface area contributed by atoms with Crippen LogP contribution in [0.3, 0.4) is 0 Å². The van der Waals surface area contributed by atoms with Crippen LogP contribution in [0.1, 0.15) is 85.5 Å². The van der Waals surface area contributed by atoms with E-state index in [1.807, 2.05) is 13.8 Å². The third kappa shape index (κ3) is 3.71. The Morgan fingerprint density at radius 3 is 2.42 bits per heavy atom. The predicted octanol–water partition coefficient (Wildman–Crippen LogP) is 4.91. The molecule has 1 N–H and O–H groups in total. The van der Waals surface area contributed by atoms with Gasteiger partial charge in [-0.2, -0.15) is 5.10 Å². The summed E-state index contributed by atoms with van der Waals surface area (Å²) in [7, 11) is 0. The van der Waals surface area contributed by atoms with Crippen LogP contribution < -0.4 is 0 Å². The number of hydrogen-bond donors (Lipinski definition) is 1. The first-order valence-electron chi connectivity index (χ1n) is 10.0. The van der Waals surface area contributed by atoms with Gasteiger partial charge < -0.3 is 5.11 Å². The smallest absolute Gasteiger partial charge is 0.0634 e. The molecule has 1 aliphatic heterocycles. The fourth-order valence-electron chi connectivity index (χ4n) is 4.93. The van der Waals surface area contributed by atoms with Crippen molar-refractivity contribution in [2.24, 2.45) is 16.4 Å². The second-order valence-electron chi connectivity index (χ2n) is 9.17. The van der Waals surface area contributed by atoms with Gasteiger partial charge in [-0.1, -0.05) is 25.3 Å². The average Bonchev–Trinajstić information content (AvgIpc) is 2.78. The van der Waals surface area contributed by atoms with Crippen LogP contribution in [0.2, 0.25) is 0 Å². The number of rotatable bonds is 2. The standard InChI is InChI=1S/C21H36N2O/c1-16-18-15-17(20(2,3)24)9-11-21(18,4)12-10-19(16)22-23-13-7-5-6-8-14-23/h17,24H,5-15H2,1-4H3. The number of fused-ring (bicyclic) bond motifs is 1. The Hall–Kier alpha value is -0.830. The number of hydrazone groups is 1. The summed E-state index contributed by atoms with van der Waals surface area (Å²) in [6.45, 7) is 10.9. The third-order valence-electron chi connectivity index (χ3n) is 6.87. The van der Waals surface area contributed by atoms with Crippen molar-refractivity contribution in [2.75, 3.05) is 13.1 Å². The third-order valence-corrected chi connectivity index (χ3v) is 6.87. The van der Waals surface area contributed by atoms with Gasteiger partial charge in [0.15, 0.2) is 0 Å². The van der Waals surface area contributed by atoms with Gasteiger partial charge in [0.2, 0.25) is 0 Å². The van der Waals surface area contributed by atoms with Crippen LogP contribution in [0.25, 0.3) is 0 Å². The summed E-state index contributed by atoms with van der Waals surface area (Å²) in [6.07, 6.45) is 11.0. The van der Waals surface area contributed by atoms with E-state index in [1.165, 1.54) is 49.8 Å². The van der Waals surface area contributed by atoms with E-state index in [-0.39, 0.29) is 0 Å². The molecule has 24 heavy (non-hydrogen) atoms. The summed E-state index contributed by atoms with van der Waals surface area (Å²) >= 11 is 0. The predicted molar refractivity (Wildman–Crippen MR) is 101 cm³/mol. The first-order valence-corrected chi connectivity index (χ1v) is 10.0. The van der Waals surface area contributed by atoms with Gasteiger partial charge in [-0.15, -0.1) is 0 Å². The molecule has 1 saturated heterocycles. The van der Waals surface area contributed by atoms with Crippen molar-refractivity contribution in [3.05, 3.63) is 11.1 Å². The van der Waals surface area contributed by atoms with Crippen molar-refractivity contribution < 1.29 is 5.11 Å². The van der Waals surface area contributed by atoms with Crippen LogP contribution >= 0.6 is 0 Å². The van der Waals surface area contributed by atoms with Crippen molar-refractivity contribution in [1.29, 1.82) is 0 Å². The molecule has 0 aromatic rings. The zero-order chi connectivity index (χ0) is 17.4. The fraction of sp³-hybridized carbons (Fsp3) is 0.857. The molecule has 2 aliphatic carbocycles. The highest BCUT2D eigenvalue weighted by Crippen LogP contribution is 2.52. The van der Waals surface area contributed by atoms with Gasteiger partial charge in [0.05, 0.1) is 11.3 Å². The van der Waals surface area contributed by atoms with Crippen LogP contribution in [0, 0.1) is 11.3 Å². The average molecular weight is 333 g/mol. The van der Waals surface area contributed by atoms with E-state index in [9.17, 15) is 5.11 Å².